The first-order valence-electron chi connectivity index (χ1n) is 2.89. The Morgan fingerprint density at radius 2 is 1.90 bits per heavy atom. The van der Waals surface area contributed by atoms with Crippen LogP contribution in [0.3, 0.4) is 0 Å². The van der Waals surface area contributed by atoms with E-state index in [2.05, 4.69) is 20.8 Å². The third kappa shape index (κ3) is 2.10. The zero-order valence-corrected chi connectivity index (χ0v) is 6.97. The maximum atomic E-state index is 4.89. The number of hydrogen-bond acceptors (Lipinski definition) is 2. The van der Waals surface area contributed by atoms with E-state index < -0.39 is 0 Å². The van der Waals surface area contributed by atoms with Crippen molar-refractivity contribution >= 4 is 15.9 Å². The molecule has 2 N–H and O–H groups in total. The van der Waals surface area contributed by atoms with Crippen LogP contribution in [-0.2, 0) is 11.4 Å². The Morgan fingerprint density at radius 3 is 2.40 bits per heavy atom. The first-order valence-corrected chi connectivity index (χ1v) is 3.68. The molecular formula is C7H8BrNO. The molecule has 0 saturated carbocycles. The lowest BCUT2D eigenvalue weighted by atomic mass is 10.2. The summed E-state index contributed by atoms with van der Waals surface area (Å²) in [5.41, 5.74) is 1.07. The van der Waals surface area contributed by atoms with Crippen LogP contribution < -0.4 is 5.90 Å². The van der Waals surface area contributed by atoms with Gasteiger partial charge in [-0.1, -0.05) is 28.1 Å². The smallest absolute Gasteiger partial charge is 0.0930 e. The molecule has 2 nitrogen and oxygen atoms in total. The fourth-order valence-electron chi connectivity index (χ4n) is 0.677. The van der Waals surface area contributed by atoms with E-state index in [-0.39, 0.29) is 0 Å². The lowest BCUT2D eigenvalue weighted by Crippen LogP contribution is -1.98. The van der Waals surface area contributed by atoms with Crippen LogP contribution >= 0.6 is 15.9 Å². The highest BCUT2D eigenvalue weighted by Gasteiger charge is 1.89. The summed E-state index contributed by atoms with van der Waals surface area (Å²) >= 11 is 3.32. The number of rotatable bonds is 2. The van der Waals surface area contributed by atoms with Gasteiger partial charge in [0, 0.05) is 4.47 Å². The lowest BCUT2D eigenvalue weighted by molar-refractivity contribution is 0.124. The van der Waals surface area contributed by atoms with Crippen molar-refractivity contribution < 1.29 is 4.84 Å². The first kappa shape index (κ1) is 7.72. The van der Waals surface area contributed by atoms with Crippen molar-refractivity contribution in [2.45, 2.75) is 6.61 Å². The molecule has 1 rings (SSSR count). The quantitative estimate of drug-likeness (QED) is 0.742. The minimum atomic E-state index is 0.466. The van der Waals surface area contributed by atoms with E-state index in [1.165, 1.54) is 0 Å². The fourth-order valence-corrected chi connectivity index (χ4v) is 0.941. The van der Waals surface area contributed by atoms with Crippen LogP contribution in [0, 0.1) is 0 Å². The highest BCUT2D eigenvalue weighted by Crippen LogP contribution is 2.10. The third-order valence-corrected chi connectivity index (χ3v) is 1.69. The summed E-state index contributed by atoms with van der Waals surface area (Å²) in [6.07, 6.45) is 0. The van der Waals surface area contributed by atoms with Gasteiger partial charge in [0.2, 0.25) is 0 Å². The molecule has 0 heterocycles. The summed E-state index contributed by atoms with van der Waals surface area (Å²) in [5.74, 6) is 4.89. The molecule has 0 fully saturated rings. The number of nitrogens with two attached hydrogens (primary N) is 1. The molecule has 0 atom stereocenters. The predicted molar refractivity (Wildman–Crippen MR) is 43.1 cm³/mol. The normalized spacial score (nSPS) is 9.80. The molecular weight excluding hydrogens is 194 g/mol. The zero-order chi connectivity index (χ0) is 7.40. The lowest BCUT2D eigenvalue weighted by Gasteiger charge is -1.96. The van der Waals surface area contributed by atoms with Gasteiger partial charge < -0.3 is 0 Å². The largest absolute Gasteiger partial charge is 0.300 e. The van der Waals surface area contributed by atoms with Gasteiger partial charge >= 0.3 is 0 Å². The van der Waals surface area contributed by atoms with Crippen LogP contribution in [0.25, 0.3) is 0 Å². The molecule has 3 heteroatoms. The van der Waals surface area contributed by atoms with Crippen molar-refractivity contribution in [3.63, 3.8) is 0 Å². The van der Waals surface area contributed by atoms with E-state index in [1.54, 1.807) is 0 Å². The van der Waals surface area contributed by atoms with Gasteiger partial charge in [0.1, 0.15) is 0 Å². The SMILES string of the molecule is NOCc1ccc(Br)cc1. The maximum absolute atomic E-state index is 4.89. The molecule has 0 aliphatic rings. The molecule has 0 aliphatic carbocycles. The Kier molecular flexibility index (Phi) is 2.86. The van der Waals surface area contributed by atoms with Crippen molar-refractivity contribution in [3.05, 3.63) is 34.3 Å². The first-order chi connectivity index (χ1) is 4.83. The summed E-state index contributed by atoms with van der Waals surface area (Å²) in [6, 6.07) is 7.82. The van der Waals surface area contributed by atoms with Crippen molar-refractivity contribution in [2.75, 3.05) is 0 Å². The van der Waals surface area contributed by atoms with Crippen molar-refractivity contribution in [1.29, 1.82) is 0 Å². The van der Waals surface area contributed by atoms with Crippen molar-refractivity contribution in [2.24, 2.45) is 5.90 Å². The fraction of sp³-hybridized carbons (Fsp3) is 0.143. The molecule has 0 bridgehead atoms. The van der Waals surface area contributed by atoms with Crippen molar-refractivity contribution in [1.82, 2.24) is 0 Å². The summed E-state index contributed by atoms with van der Waals surface area (Å²) < 4.78 is 1.06. The summed E-state index contributed by atoms with van der Waals surface area (Å²) in [7, 11) is 0. The molecule has 10 heavy (non-hydrogen) atoms. The average molecular weight is 202 g/mol. The molecule has 0 saturated heterocycles. The van der Waals surface area contributed by atoms with E-state index in [9.17, 15) is 0 Å². The molecule has 54 valence electrons. The van der Waals surface area contributed by atoms with Crippen LogP contribution in [0.15, 0.2) is 28.7 Å². The summed E-state index contributed by atoms with van der Waals surface area (Å²) in [4.78, 5) is 4.45. The standard InChI is InChI=1S/C7H8BrNO/c8-7-3-1-6(2-4-7)5-10-9/h1-4H,5,9H2. The monoisotopic (exact) mass is 201 g/mol. The molecule has 0 spiro atoms. The van der Waals surface area contributed by atoms with E-state index in [0.29, 0.717) is 6.61 Å². The van der Waals surface area contributed by atoms with Crippen LogP contribution in [0.5, 0.6) is 0 Å². The van der Waals surface area contributed by atoms with Gasteiger partial charge in [-0.05, 0) is 17.7 Å². The molecule has 0 unspecified atom stereocenters. The van der Waals surface area contributed by atoms with Gasteiger partial charge in [0.25, 0.3) is 0 Å². The topological polar surface area (TPSA) is 35.2 Å². The van der Waals surface area contributed by atoms with Gasteiger partial charge in [-0.3, -0.25) is 4.84 Å². The molecule has 0 radical (unpaired) electrons. The van der Waals surface area contributed by atoms with E-state index in [4.69, 9.17) is 5.90 Å². The average Bonchev–Trinajstić information content (AvgIpc) is 1.95. The molecule has 0 aliphatic heterocycles. The Morgan fingerprint density at radius 1 is 1.30 bits per heavy atom. The van der Waals surface area contributed by atoms with E-state index in [0.717, 1.165) is 10.0 Å². The molecule has 0 amide bonds. The number of halogens is 1. The Labute approximate surface area is 68.1 Å². The summed E-state index contributed by atoms with van der Waals surface area (Å²) in [5, 5.41) is 0. The van der Waals surface area contributed by atoms with E-state index >= 15 is 0 Å². The highest BCUT2D eigenvalue weighted by molar-refractivity contribution is 9.10. The second-order valence-electron chi connectivity index (χ2n) is 1.94. The van der Waals surface area contributed by atoms with Crippen LogP contribution in [0.1, 0.15) is 5.56 Å². The Bertz CT molecular complexity index is 197. The maximum Gasteiger partial charge on any atom is 0.0930 e. The van der Waals surface area contributed by atoms with Gasteiger partial charge in [-0.15, -0.1) is 0 Å². The van der Waals surface area contributed by atoms with Gasteiger partial charge in [-0.2, -0.15) is 0 Å². The minimum Gasteiger partial charge on any atom is -0.300 e. The second kappa shape index (κ2) is 3.71. The Balaban J connectivity index is 2.69. The van der Waals surface area contributed by atoms with Crippen molar-refractivity contribution in [3.8, 4) is 0 Å². The summed E-state index contributed by atoms with van der Waals surface area (Å²) in [6.45, 7) is 0.466. The van der Waals surface area contributed by atoms with Gasteiger partial charge in [0.05, 0.1) is 6.61 Å². The number of hydrogen-bond donors (Lipinski definition) is 1. The Hall–Kier alpha value is -0.380. The molecule has 1 aromatic carbocycles. The van der Waals surface area contributed by atoms with Gasteiger partial charge in [-0.25, -0.2) is 5.90 Å². The molecule has 1 aromatic rings. The van der Waals surface area contributed by atoms with Crippen LogP contribution in [0.2, 0.25) is 0 Å². The van der Waals surface area contributed by atoms with Gasteiger partial charge in [0.15, 0.2) is 0 Å². The van der Waals surface area contributed by atoms with E-state index in [1.807, 2.05) is 24.3 Å². The predicted octanol–water partition coefficient (Wildman–Crippen LogP) is 1.84. The second-order valence-corrected chi connectivity index (χ2v) is 2.85. The highest BCUT2D eigenvalue weighted by atomic mass is 79.9. The van der Waals surface area contributed by atoms with Crippen LogP contribution in [0.4, 0.5) is 0 Å². The zero-order valence-electron chi connectivity index (χ0n) is 5.38. The third-order valence-electron chi connectivity index (χ3n) is 1.16. The van der Waals surface area contributed by atoms with Crippen LogP contribution in [-0.4, -0.2) is 0 Å². The minimum absolute atomic E-state index is 0.466. The number of benzene rings is 1. The molecule has 0 aromatic heterocycles.